The predicted octanol–water partition coefficient (Wildman–Crippen LogP) is 1.89. The van der Waals surface area contributed by atoms with E-state index >= 15 is 0 Å². The zero-order valence-corrected chi connectivity index (χ0v) is 19.6. The van der Waals surface area contributed by atoms with Gasteiger partial charge in [0.25, 0.3) is 11.4 Å². The molecule has 2 aromatic rings. The molecule has 1 heterocycles. The largest absolute Gasteiger partial charge is 0.479 e. The van der Waals surface area contributed by atoms with Gasteiger partial charge < -0.3 is 24.6 Å². The van der Waals surface area contributed by atoms with Crippen LogP contribution < -0.4 is 15.4 Å². The smallest absolute Gasteiger partial charge is 0.270 e. The number of rotatable bonds is 8. The van der Waals surface area contributed by atoms with Crippen molar-refractivity contribution in [3.63, 3.8) is 0 Å². The Kier molecular flexibility index (Phi) is 8.00. The van der Waals surface area contributed by atoms with E-state index in [0.717, 1.165) is 0 Å². The van der Waals surface area contributed by atoms with Gasteiger partial charge in [-0.2, -0.15) is 5.26 Å². The van der Waals surface area contributed by atoms with Crippen LogP contribution in [0.1, 0.15) is 24.1 Å². The van der Waals surface area contributed by atoms with Gasteiger partial charge in [-0.25, -0.2) is 4.99 Å². The molecule has 0 fully saturated rings. The van der Waals surface area contributed by atoms with Crippen molar-refractivity contribution in [3.8, 4) is 11.9 Å². The Morgan fingerprint density at radius 1 is 1.22 bits per heavy atom. The third-order valence-corrected chi connectivity index (χ3v) is 5.68. The molecule has 1 aliphatic rings. The SMILES string of the molecule is COC(OC)[C@@]1(C)Oc2ccc([N+](=O)[O-])cc2[C@@H](NC(=NCc2cccc([N+](=O)[O-])c2)NC#N)[C@@H]1O. The first-order valence-electron chi connectivity index (χ1n) is 10.5. The van der Waals surface area contributed by atoms with E-state index in [9.17, 15) is 30.6 Å². The van der Waals surface area contributed by atoms with Crippen molar-refractivity contribution in [2.24, 2.45) is 4.99 Å². The third-order valence-electron chi connectivity index (χ3n) is 5.68. The number of methoxy groups -OCH3 is 2. The number of guanidine groups is 1. The molecule has 14 heteroatoms. The van der Waals surface area contributed by atoms with Crippen LogP contribution in [0.15, 0.2) is 47.5 Å². The fourth-order valence-electron chi connectivity index (χ4n) is 3.95. The van der Waals surface area contributed by atoms with Gasteiger partial charge >= 0.3 is 0 Å². The number of nitriles is 1. The van der Waals surface area contributed by atoms with Gasteiger partial charge in [0.15, 0.2) is 18.1 Å². The average molecular weight is 500 g/mol. The Morgan fingerprint density at radius 3 is 2.50 bits per heavy atom. The van der Waals surface area contributed by atoms with Gasteiger partial charge in [0.2, 0.25) is 5.96 Å². The van der Waals surface area contributed by atoms with Crippen molar-refractivity contribution >= 4 is 17.3 Å². The lowest BCUT2D eigenvalue weighted by Crippen LogP contribution is -2.62. The minimum atomic E-state index is -1.47. The number of hydrogen-bond acceptors (Lipinski definition) is 10. The highest BCUT2D eigenvalue weighted by Crippen LogP contribution is 2.43. The van der Waals surface area contributed by atoms with E-state index in [-0.39, 0.29) is 35.2 Å². The van der Waals surface area contributed by atoms with Crippen molar-refractivity contribution in [3.05, 3.63) is 73.8 Å². The molecule has 0 spiro atoms. The normalized spacial score (nSPS) is 21.2. The lowest BCUT2D eigenvalue weighted by Gasteiger charge is -2.46. The van der Waals surface area contributed by atoms with Gasteiger partial charge in [0, 0.05) is 44.0 Å². The number of nitrogens with zero attached hydrogens (tertiary/aromatic N) is 4. The van der Waals surface area contributed by atoms with Crippen LogP contribution in [0.2, 0.25) is 0 Å². The van der Waals surface area contributed by atoms with E-state index in [1.165, 1.54) is 50.6 Å². The molecule has 36 heavy (non-hydrogen) atoms. The highest BCUT2D eigenvalue weighted by molar-refractivity contribution is 5.82. The van der Waals surface area contributed by atoms with Gasteiger partial charge in [-0.3, -0.25) is 25.5 Å². The number of nitro groups is 2. The fourth-order valence-corrected chi connectivity index (χ4v) is 3.95. The summed E-state index contributed by atoms with van der Waals surface area (Å²) in [5.41, 5.74) is -1.09. The van der Waals surface area contributed by atoms with Crippen LogP contribution in [0, 0.1) is 31.7 Å². The molecule has 0 bridgehead atoms. The van der Waals surface area contributed by atoms with E-state index in [0.29, 0.717) is 5.56 Å². The molecule has 3 atom stereocenters. The Morgan fingerprint density at radius 2 is 1.89 bits per heavy atom. The van der Waals surface area contributed by atoms with Crippen LogP contribution in [-0.2, 0) is 16.0 Å². The Balaban J connectivity index is 2.02. The number of benzene rings is 2. The molecular weight excluding hydrogens is 476 g/mol. The van der Waals surface area contributed by atoms with E-state index in [4.69, 9.17) is 14.2 Å². The summed E-state index contributed by atoms with van der Waals surface area (Å²) in [5, 5.41) is 48.3. The molecule has 0 saturated carbocycles. The third kappa shape index (κ3) is 5.33. The highest BCUT2D eigenvalue weighted by Gasteiger charge is 2.52. The minimum absolute atomic E-state index is 0.0458. The number of aliphatic hydroxyl groups is 1. The fraction of sp³-hybridized carbons (Fsp3) is 0.364. The molecule has 0 aromatic heterocycles. The van der Waals surface area contributed by atoms with Crippen molar-refractivity contribution in [2.45, 2.75) is 37.5 Å². The van der Waals surface area contributed by atoms with Crippen LogP contribution in [0.4, 0.5) is 11.4 Å². The number of aliphatic hydroxyl groups excluding tert-OH is 1. The second kappa shape index (κ2) is 11.0. The molecule has 1 aliphatic heterocycles. The monoisotopic (exact) mass is 500 g/mol. The number of aliphatic imine (C=N–C) groups is 1. The Bertz CT molecular complexity index is 1210. The molecule has 14 nitrogen and oxygen atoms in total. The lowest BCUT2D eigenvalue weighted by molar-refractivity contribution is -0.385. The van der Waals surface area contributed by atoms with E-state index in [2.05, 4.69) is 15.6 Å². The second-order valence-electron chi connectivity index (χ2n) is 7.96. The van der Waals surface area contributed by atoms with Crippen molar-refractivity contribution in [1.82, 2.24) is 10.6 Å². The summed E-state index contributed by atoms with van der Waals surface area (Å²) in [6, 6.07) is 8.65. The van der Waals surface area contributed by atoms with Gasteiger partial charge in [-0.15, -0.1) is 0 Å². The van der Waals surface area contributed by atoms with Crippen molar-refractivity contribution in [2.75, 3.05) is 14.2 Å². The molecule has 190 valence electrons. The van der Waals surface area contributed by atoms with Gasteiger partial charge in [-0.1, -0.05) is 12.1 Å². The Hall–Kier alpha value is -4.32. The van der Waals surface area contributed by atoms with Crippen LogP contribution in [0.3, 0.4) is 0 Å². The van der Waals surface area contributed by atoms with Crippen molar-refractivity contribution < 1.29 is 29.2 Å². The molecule has 0 radical (unpaired) electrons. The molecule has 0 saturated heterocycles. The molecule has 3 N–H and O–H groups in total. The first-order chi connectivity index (χ1) is 17.1. The summed E-state index contributed by atoms with van der Waals surface area (Å²) in [7, 11) is 2.74. The van der Waals surface area contributed by atoms with E-state index < -0.39 is 33.9 Å². The summed E-state index contributed by atoms with van der Waals surface area (Å²) in [6.45, 7) is 1.50. The van der Waals surface area contributed by atoms with Gasteiger partial charge in [0.05, 0.1) is 22.4 Å². The summed E-state index contributed by atoms with van der Waals surface area (Å²) in [6.07, 6.45) is -0.700. The van der Waals surface area contributed by atoms with Crippen LogP contribution in [-0.4, -0.2) is 53.1 Å². The van der Waals surface area contributed by atoms with Crippen LogP contribution in [0.25, 0.3) is 0 Å². The number of ether oxygens (including phenoxy) is 3. The predicted molar refractivity (Wildman–Crippen MR) is 125 cm³/mol. The highest BCUT2D eigenvalue weighted by atomic mass is 16.7. The zero-order valence-electron chi connectivity index (χ0n) is 19.6. The number of non-ortho nitro benzene ring substituents is 2. The molecule has 0 amide bonds. The minimum Gasteiger partial charge on any atom is -0.479 e. The maximum absolute atomic E-state index is 11.4. The topological polar surface area (TPSA) is 194 Å². The summed E-state index contributed by atoms with van der Waals surface area (Å²) in [4.78, 5) is 25.6. The molecule has 2 aromatic carbocycles. The number of hydrogen-bond donors (Lipinski definition) is 3. The maximum Gasteiger partial charge on any atom is 0.270 e. The standard InChI is InChI=1S/C22H24N6O8/c1-22(20(34-2)35-3)19(29)18(16-10-15(28(32)33)7-8-17(16)36-22)26-21(25-12-23)24-11-13-5-4-6-14(9-13)27(30)31/h4-10,18-20,29H,11H2,1-3H3,(H2,24,25,26)/t18-,19+,22+/m1/s1. The molecule has 3 rings (SSSR count). The lowest BCUT2D eigenvalue weighted by atomic mass is 9.84. The van der Waals surface area contributed by atoms with Gasteiger partial charge in [0.1, 0.15) is 11.9 Å². The summed E-state index contributed by atoms with van der Waals surface area (Å²) >= 11 is 0. The number of fused-ring (bicyclic) bond motifs is 1. The average Bonchev–Trinajstić information content (AvgIpc) is 2.85. The molecule has 0 aliphatic carbocycles. The van der Waals surface area contributed by atoms with E-state index in [1.54, 1.807) is 19.2 Å². The number of nitrogens with one attached hydrogen (secondary N) is 2. The molecule has 0 unspecified atom stereocenters. The first-order valence-corrected chi connectivity index (χ1v) is 10.5. The summed E-state index contributed by atoms with van der Waals surface area (Å²) in [5.74, 6) is 0.140. The molecular formula is C22H24N6O8. The van der Waals surface area contributed by atoms with Crippen LogP contribution >= 0.6 is 0 Å². The quantitative estimate of drug-likeness (QED) is 0.0911. The zero-order chi connectivity index (χ0) is 26.5. The van der Waals surface area contributed by atoms with Crippen LogP contribution in [0.5, 0.6) is 5.75 Å². The summed E-state index contributed by atoms with van der Waals surface area (Å²) < 4.78 is 16.7. The maximum atomic E-state index is 11.4. The van der Waals surface area contributed by atoms with E-state index in [1.807, 2.05) is 0 Å². The first kappa shape index (κ1) is 26.3. The number of nitro benzene ring substituents is 2. The second-order valence-corrected chi connectivity index (χ2v) is 7.96. The van der Waals surface area contributed by atoms with Gasteiger partial charge in [-0.05, 0) is 18.6 Å². The van der Waals surface area contributed by atoms with Crippen molar-refractivity contribution in [1.29, 1.82) is 5.26 Å². The Labute approximate surface area is 205 Å².